The quantitative estimate of drug-likeness (QED) is 0.494. The van der Waals surface area contributed by atoms with E-state index in [-0.39, 0.29) is 24.6 Å². The van der Waals surface area contributed by atoms with Gasteiger partial charge in [-0.2, -0.15) is 0 Å². The SMILES string of the molecule is O=C(CCOc1ccccc1)Nc1nc(-c2cc([N+](=O)[O-])cs2)cs1. The number of amides is 1. The summed E-state index contributed by atoms with van der Waals surface area (Å²) >= 11 is 2.52. The number of thiophene rings is 1. The van der Waals surface area contributed by atoms with E-state index in [1.165, 1.54) is 34.1 Å². The summed E-state index contributed by atoms with van der Waals surface area (Å²) in [6.07, 6.45) is 0.203. The number of hydrogen-bond acceptors (Lipinski definition) is 7. The van der Waals surface area contributed by atoms with Gasteiger partial charge in [-0.05, 0) is 12.1 Å². The summed E-state index contributed by atoms with van der Waals surface area (Å²) in [6, 6.07) is 10.7. The van der Waals surface area contributed by atoms with Crippen LogP contribution in [0.1, 0.15) is 6.42 Å². The number of para-hydroxylation sites is 1. The fourth-order valence-corrected chi connectivity index (χ4v) is 3.58. The lowest BCUT2D eigenvalue weighted by Gasteiger charge is -2.05. The average molecular weight is 375 g/mol. The van der Waals surface area contributed by atoms with Gasteiger partial charge in [0.05, 0.1) is 33.9 Å². The van der Waals surface area contributed by atoms with Crippen LogP contribution in [0, 0.1) is 10.1 Å². The van der Waals surface area contributed by atoms with Gasteiger partial charge in [-0.1, -0.05) is 18.2 Å². The first-order chi connectivity index (χ1) is 12.1. The van der Waals surface area contributed by atoms with Crippen LogP contribution in [-0.2, 0) is 4.79 Å². The number of hydrogen-bond donors (Lipinski definition) is 1. The van der Waals surface area contributed by atoms with Crippen molar-refractivity contribution in [3.63, 3.8) is 0 Å². The Labute approximate surface area is 151 Å². The number of benzene rings is 1. The summed E-state index contributed by atoms with van der Waals surface area (Å²) in [5, 5.41) is 17.1. The van der Waals surface area contributed by atoms with Crippen LogP contribution >= 0.6 is 22.7 Å². The molecule has 0 saturated carbocycles. The molecule has 1 amide bonds. The predicted molar refractivity (Wildman–Crippen MR) is 97.3 cm³/mol. The number of carbonyl (C=O) groups is 1. The third-order valence-electron chi connectivity index (χ3n) is 3.14. The first-order valence-corrected chi connectivity index (χ1v) is 9.04. The molecular weight excluding hydrogens is 362 g/mol. The second kappa shape index (κ2) is 7.86. The summed E-state index contributed by atoms with van der Waals surface area (Å²) in [6.45, 7) is 0.269. The number of thiazole rings is 1. The van der Waals surface area contributed by atoms with Crippen molar-refractivity contribution in [1.82, 2.24) is 4.98 Å². The topological polar surface area (TPSA) is 94.4 Å². The third-order valence-corrected chi connectivity index (χ3v) is 4.84. The Kier molecular flexibility index (Phi) is 5.36. The molecule has 0 aliphatic heterocycles. The number of carbonyl (C=O) groups excluding carboxylic acids is 1. The van der Waals surface area contributed by atoms with Crippen molar-refractivity contribution in [3.8, 4) is 16.3 Å². The van der Waals surface area contributed by atoms with Crippen molar-refractivity contribution in [2.45, 2.75) is 6.42 Å². The molecule has 0 fully saturated rings. The first-order valence-electron chi connectivity index (χ1n) is 7.28. The van der Waals surface area contributed by atoms with Crippen LogP contribution in [0.3, 0.4) is 0 Å². The Balaban J connectivity index is 1.52. The molecule has 0 atom stereocenters. The molecule has 1 aromatic carbocycles. The molecule has 0 saturated heterocycles. The fraction of sp³-hybridized carbons (Fsp3) is 0.125. The summed E-state index contributed by atoms with van der Waals surface area (Å²) < 4.78 is 5.47. The van der Waals surface area contributed by atoms with E-state index in [0.29, 0.717) is 21.5 Å². The number of ether oxygens (including phenoxy) is 1. The van der Waals surface area contributed by atoms with Crippen LogP contribution in [0.4, 0.5) is 10.8 Å². The van der Waals surface area contributed by atoms with Crippen molar-refractivity contribution in [2.75, 3.05) is 11.9 Å². The normalized spacial score (nSPS) is 10.4. The Bertz CT molecular complexity index is 876. The van der Waals surface area contributed by atoms with Crippen LogP contribution in [0.25, 0.3) is 10.6 Å². The van der Waals surface area contributed by atoms with Gasteiger partial charge in [-0.15, -0.1) is 22.7 Å². The predicted octanol–water partition coefficient (Wildman–Crippen LogP) is 4.19. The number of aromatic nitrogens is 1. The smallest absolute Gasteiger partial charge is 0.280 e. The van der Waals surface area contributed by atoms with Crippen LogP contribution < -0.4 is 10.1 Å². The molecule has 2 heterocycles. The molecule has 0 radical (unpaired) electrons. The number of nitrogens with zero attached hydrogens (tertiary/aromatic N) is 2. The largest absolute Gasteiger partial charge is 0.493 e. The average Bonchev–Trinajstić information content (AvgIpc) is 3.25. The summed E-state index contributed by atoms with van der Waals surface area (Å²) in [5.74, 6) is 0.514. The van der Waals surface area contributed by atoms with Crippen LogP contribution in [0.2, 0.25) is 0 Å². The molecule has 25 heavy (non-hydrogen) atoms. The van der Waals surface area contributed by atoms with Gasteiger partial charge < -0.3 is 10.1 Å². The minimum atomic E-state index is -0.443. The number of rotatable bonds is 7. The Hall–Kier alpha value is -2.78. The van der Waals surface area contributed by atoms with Crippen molar-refractivity contribution < 1.29 is 14.5 Å². The Morgan fingerprint density at radius 2 is 2.04 bits per heavy atom. The molecule has 3 rings (SSSR count). The van der Waals surface area contributed by atoms with Gasteiger partial charge in [0.25, 0.3) is 5.69 Å². The molecule has 7 nitrogen and oxygen atoms in total. The molecular formula is C16H13N3O4S2. The standard InChI is InChI=1S/C16H13N3O4S2/c20-15(6-7-23-12-4-2-1-3-5-12)18-16-17-13(10-25-16)14-8-11(9-24-14)19(21)22/h1-5,8-10H,6-7H2,(H,17,18,20). The zero-order valence-electron chi connectivity index (χ0n) is 12.9. The summed E-state index contributed by atoms with van der Waals surface area (Å²) in [5.41, 5.74) is 0.649. The van der Waals surface area contributed by atoms with Gasteiger partial charge in [0.2, 0.25) is 5.91 Å². The van der Waals surface area contributed by atoms with Gasteiger partial charge in [0, 0.05) is 11.4 Å². The van der Waals surface area contributed by atoms with Gasteiger partial charge >= 0.3 is 0 Å². The molecule has 0 unspecified atom stereocenters. The van der Waals surface area contributed by atoms with E-state index in [9.17, 15) is 14.9 Å². The second-order valence-corrected chi connectivity index (χ2v) is 6.69. The van der Waals surface area contributed by atoms with E-state index in [2.05, 4.69) is 10.3 Å². The lowest BCUT2D eigenvalue weighted by Crippen LogP contribution is -2.15. The number of anilines is 1. The molecule has 9 heteroatoms. The molecule has 128 valence electrons. The maximum Gasteiger partial charge on any atom is 0.280 e. The highest BCUT2D eigenvalue weighted by Crippen LogP contribution is 2.32. The van der Waals surface area contributed by atoms with E-state index in [1.807, 2.05) is 30.3 Å². The molecule has 0 aliphatic rings. The molecule has 0 bridgehead atoms. The van der Waals surface area contributed by atoms with Crippen molar-refractivity contribution in [2.24, 2.45) is 0 Å². The lowest BCUT2D eigenvalue weighted by molar-refractivity contribution is -0.384. The van der Waals surface area contributed by atoms with Crippen molar-refractivity contribution in [3.05, 3.63) is 57.3 Å². The Morgan fingerprint density at radius 1 is 1.24 bits per heavy atom. The van der Waals surface area contributed by atoms with Gasteiger partial charge in [0.1, 0.15) is 5.75 Å². The Morgan fingerprint density at radius 3 is 2.76 bits per heavy atom. The van der Waals surface area contributed by atoms with Crippen LogP contribution in [0.5, 0.6) is 5.75 Å². The lowest BCUT2D eigenvalue weighted by atomic mass is 10.3. The molecule has 0 spiro atoms. The van der Waals surface area contributed by atoms with Crippen molar-refractivity contribution in [1.29, 1.82) is 0 Å². The third kappa shape index (κ3) is 4.61. The summed E-state index contributed by atoms with van der Waals surface area (Å²) in [4.78, 5) is 27.2. The molecule has 3 aromatic rings. The van der Waals surface area contributed by atoms with Gasteiger partial charge in [-0.3, -0.25) is 14.9 Å². The van der Waals surface area contributed by atoms with E-state index in [1.54, 1.807) is 5.38 Å². The molecule has 0 aliphatic carbocycles. The van der Waals surface area contributed by atoms with Crippen molar-refractivity contribution >= 4 is 39.4 Å². The van der Waals surface area contributed by atoms with E-state index in [4.69, 9.17) is 4.74 Å². The minimum Gasteiger partial charge on any atom is -0.493 e. The number of nitro groups is 1. The monoisotopic (exact) mass is 375 g/mol. The highest BCUT2D eigenvalue weighted by molar-refractivity contribution is 7.16. The van der Waals surface area contributed by atoms with Gasteiger partial charge in [0.15, 0.2) is 5.13 Å². The van der Waals surface area contributed by atoms with Gasteiger partial charge in [-0.25, -0.2) is 4.98 Å². The number of nitrogens with one attached hydrogen (secondary N) is 1. The molecule has 2 aromatic heterocycles. The first kappa shape index (κ1) is 17.1. The summed E-state index contributed by atoms with van der Waals surface area (Å²) in [7, 11) is 0. The van der Waals surface area contributed by atoms with E-state index < -0.39 is 4.92 Å². The molecule has 1 N–H and O–H groups in total. The minimum absolute atomic E-state index is 0.0386. The maximum atomic E-state index is 11.9. The van der Waals surface area contributed by atoms with E-state index >= 15 is 0 Å². The maximum absolute atomic E-state index is 11.9. The van der Waals surface area contributed by atoms with E-state index in [0.717, 1.165) is 0 Å². The zero-order chi connectivity index (χ0) is 17.6. The highest BCUT2D eigenvalue weighted by atomic mass is 32.1. The highest BCUT2D eigenvalue weighted by Gasteiger charge is 2.14. The second-order valence-electron chi connectivity index (χ2n) is 4.92. The van der Waals surface area contributed by atoms with Crippen LogP contribution in [0.15, 0.2) is 47.2 Å². The fourth-order valence-electron chi connectivity index (χ4n) is 1.96. The zero-order valence-corrected chi connectivity index (χ0v) is 14.5. The van der Waals surface area contributed by atoms with Crippen LogP contribution in [-0.4, -0.2) is 22.4 Å².